The van der Waals surface area contributed by atoms with Gasteiger partial charge in [0.2, 0.25) is 5.60 Å². The van der Waals surface area contributed by atoms with Crippen molar-refractivity contribution in [2.75, 3.05) is 6.61 Å². The zero-order valence-corrected chi connectivity index (χ0v) is 12.9. The lowest BCUT2D eigenvalue weighted by Crippen LogP contribution is -2.37. The summed E-state index contributed by atoms with van der Waals surface area (Å²) in [5, 5.41) is 11.2. The number of fused-ring (bicyclic) bond motifs is 3. The Labute approximate surface area is 130 Å². The molecule has 0 saturated carbocycles. The summed E-state index contributed by atoms with van der Waals surface area (Å²) in [6.07, 6.45) is 0.783. The quantitative estimate of drug-likeness (QED) is 0.878. The summed E-state index contributed by atoms with van der Waals surface area (Å²) in [6, 6.07) is 14.9. The molecule has 3 heteroatoms. The van der Waals surface area contributed by atoms with E-state index in [4.69, 9.17) is 4.74 Å². The molecule has 0 amide bonds. The summed E-state index contributed by atoms with van der Waals surface area (Å²) < 4.78 is 5.36. The van der Waals surface area contributed by atoms with E-state index in [2.05, 4.69) is 13.8 Å². The molecule has 0 unspecified atom stereocenters. The van der Waals surface area contributed by atoms with E-state index in [0.29, 0.717) is 23.7 Å². The van der Waals surface area contributed by atoms with Gasteiger partial charge in [-0.15, -0.1) is 0 Å². The lowest BCUT2D eigenvalue weighted by atomic mass is 9.91. The first kappa shape index (κ1) is 14.8. The minimum atomic E-state index is -1.70. The molecule has 1 aliphatic rings. The van der Waals surface area contributed by atoms with E-state index in [1.807, 2.05) is 36.4 Å². The predicted molar refractivity (Wildman–Crippen MR) is 85.3 cm³/mol. The fraction of sp³-hybridized carbons (Fsp3) is 0.316. The highest BCUT2D eigenvalue weighted by Gasteiger charge is 2.48. The second kappa shape index (κ2) is 5.58. The standard InChI is InChI=1S/C19H20O3/c1-13(2)11-12-22-18(20)19(21)16-9-5-3-7-14(16)15-8-4-6-10-17(15)19/h3-10,13,21H,11-12H2,1-2H3. The van der Waals surface area contributed by atoms with Gasteiger partial charge in [0.1, 0.15) is 0 Å². The molecule has 3 nitrogen and oxygen atoms in total. The first-order chi connectivity index (χ1) is 10.5. The monoisotopic (exact) mass is 296 g/mol. The van der Waals surface area contributed by atoms with Gasteiger partial charge in [-0.25, -0.2) is 4.79 Å². The number of carbonyl (C=O) groups excluding carboxylic acids is 1. The summed E-state index contributed by atoms with van der Waals surface area (Å²) in [5.74, 6) is -0.142. The molecule has 2 aromatic carbocycles. The number of carbonyl (C=O) groups is 1. The van der Waals surface area contributed by atoms with Gasteiger partial charge < -0.3 is 9.84 Å². The maximum absolute atomic E-state index is 12.6. The summed E-state index contributed by atoms with van der Waals surface area (Å²) in [4.78, 5) is 12.6. The molecule has 0 aliphatic heterocycles. The highest BCUT2D eigenvalue weighted by atomic mass is 16.5. The van der Waals surface area contributed by atoms with Crippen molar-refractivity contribution < 1.29 is 14.6 Å². The number of hydrogen-bond donors (Lipinski definition) is 1. The van der Waals surface area contributed by atoms with E-state index >= 15 is 0 Å². The van der Waals surface area contributed by atoms with Gasteiger partial charge in [-0.05, 0) is 23.5 Å². The van der Waals surface area contributed by atoms with Gasteiger partial charge in [0.25, 0.3) is 0 Å². The molecular formula is C19H20O3. The van der Waals surface area contributed by atoms with Crippen LogP contribution in [0, 0.1) is 5.92 Å². The number of rotatable bonds is 4. The van der Waals surface area contributed by atoms with E-state index < -0.39 is 11.6 Å². The molecule has 1 N–H and O–H groups in total. The Morgan fingerprint density at radius 1 is 1.05 bits per heavy atom. The fourth-order valence-electron chi connectivity index (χ4n) is 2.92. The van der Waals surface area contributed by atoms with Gasteiger partial charge in [-0.1, -0.05) is 62.4 Å². The lowest BCUT2D eigenvalue weighted by molar-refractivity contribution is -0.162. The second-order valence-electron chi connectivity index (χ2n) is 6.12. The molecule has 114 valence electrons. The van der Waals surface area contributed by atoms with Gasteiger partial charge in [0, 0.05) is 11.1 Å². The first-order valence-corrected chi connectivity index (χ1v) is 7.64. The van der Waals surface area contributed by atoms with Crippen LogP contribution in [0.5, 0.6) is 0 Å². The maximum Gasteiger partial charge on any atom is 0.347 e. The van der Waals surface area contributed by atoms with Crippen LogP contribution in [0.4, 0.5) is 0 Å². The molecule has 0 fully saturated rings. The molecule has 2 aromatic rings. The van der Waals surface area contributed by atoms with Gasteiger partial charge in [0.15, 0.2) is 0 Å². The van der Waals surface area contributed by atoms with E-state index in [9.17, 15) is 9.90 Å². The number of esters is 1. The highest BCUT2D eigenvalue weighted by molar-refractivity contribution is 5.96. The molecule has 0 heterocycles. The zero-order chi connectivity index (χ0) is 15.7. The maximum atomic E-state index is 12.6. The normalized spacial score (nSPS) is 14.5. The molecule has 3 rings (SSSR count). The number of hydrogen-bond acceptors (Lipinski definition) is 3. The minimum Gasteiger partial charge on any atom is -0.463 e. The zero-order valence-electron chi connectivity index (χ0n) is 12.9. The first-order valence-electron chi connectivity index (χ1n) is 7.64. The third kappa shape index (κ3) is 2.22. The summed E-state index contributed by atoms with van der Waals surface area (Å²) in [6.45, 7) is 4.47. The van der Waals surface area contributed by atoms with Crippen molar-refractivity contribution in [3.8, 4) is 11.1 Å². The Balaban J connectivity index is 2.00. The largest absolute Gasteiger partial charge is 0.463 e. The van der Waals surface area contributed by atoms with Crippen molar-refractivity contribution in [3.63, 3.8) is 0 Å². The summed E-state index contributed by atoms with van der Waals surface area (Å²) in [7, 11) is 0. The fourth-order valence-corrected chi connectivity index (χ4v) is 2.92. The average molecular weight is 296 g/mol. The third-order valence-electron chi connectivity index (χ3n) is 4.15. The van der Waals surface area contributed by atoms with Gasteiger partial charge in [-0.2, -0.15) is 0 Å². The van der Waals surface area contributed by atoms with E-state index in [-0.39, 0.29) is 0 Å². The van der Waals surface area contributed by atoms with Crippen LogP contribution in [-0.2, 0) is 15.1 Å². The molecular weight excluding hydrogens is 276 g/mol. The van der Waals surface area contributed by atoms with Gasteiger partial charge in [0.05, 0.1) is 6.61 Å². The number of ether oxygens (including phenoxy) is 1. The lowest BCUT2D eigenvalue weighted by Gasteiger charge is -2.23. The smallest absolute Gasteiger partial charge is 0.347 e. The molecule has 0 saturated heterocycles. The summed E-state index contributed by atoms with van der Waals surface area (Å²) >= 11 is 0. The second-order valence-corrected chi connectivity index (χ2v) is 6.12. The molecule has 0 atom stereocenters. The van der Waals surface area contributed by atoms with Crippen LogP contribution in [0.15, 0.2) is 48.5 Å². The van der Waals surface area contributed by atoms with Crippen LogP contribution in [0.2, 0.25) is 0 Å². The van der Waals surface area contributed by atoms with Crippen molar-refractivity contribution in [1.82, 2.24) is 0 Å². The topological polar surface area (TPSA) is 46.5 Å². The van der Waals surface area contributed by atoms with Crippen molar-refractivity contribution >= 4 is 5.97 Å². The van der Waals surface area contributed by atoms with Crippen LogP contribution >= 0.6 is 0 Å². The Hall–Kier alpha value is -2.13. The Bertz CT molecular complexity index is 658. The molecule has 0 aromatic heterocycles. The predicted octanol–water partition coefficient (Wildman–Crippen LogP) is 3.49. The Kier molecular flexibility index (Phi) is 3.75. The van der Waals surface area contributed by atoms with E-state index in [1.54, 1.807) is 12.1 Å². The van der Waals surface area contributed by atoms with Crippen molar-refractivity contribution in [2.45, 2.75) is 25.9 Å². The van der Waals surface area contributed by atoms with Crippen LogP contribution in [-0.4, -0.2) is 17.7 Å². The van der Waals surface area contributed by atoms with Gasteiger partial charge in [-0.3, -0.25) is 0 Å². The molecule has 22 heavy (non-hydrogen) atoms. The van der Waals surface area contributed by atoms with E-state index in [0.717, 1.165) is 17.5 Å². The highest BCUT2D eigenvalue weighted by Crippen LogP contribution is 2.47. The van der Waals surface area contributed by atoms with Crippen LogP contribution < -0.4 is 0 Å². The van der Waals surface area contributed by atoms with Crippen molar-refractivity contribution in [3.05, 3.63) is 59.7 Å². The molecule has 0 spiro atoms. The third-order valence-corrected chi connectivity index (χ3v) is 4.15. The molecule has 1 aliphatic carbocycles. The van der Waals surface area contributed by atoms with Crippen LogP contribution in [0.25, 0.3) is 11.1 Å². The number of benzene rings is 2. The average Bonchev–Trinajstić information content (AvgIpc) is 2.79. The molecule has 0 bridgehead atoms. The van der Waals surface area contributed by atoms with Crippen LogP contribution in [0.1, 0.15) is 31.4 Å². The van der Waals surface area contributed by atoms with Gasteiger partial charge >= 0.3 is 5.97 Å². The van der Waals surface area contributed by atoms with Crippen molar-refractivity contribution in [2.24, 2.45) is 5.92 Å². The SMILES string of the molecule is CC(C)CCOC(=O)C1(O)c2ccccc2-c2ccccc21. The Morgan fingerprint density at radius 3 is 2.05 bits per heavy atom. The minimum absolute atomic E-state index is 0.323. The van der Waals surface area contributed by atoms with Crippen molar-refractivity contribution in [1.29, 1.82) is 0 Å². The van der Waals surface area contributed by atoms with E-state index in [1.165, 1.54) is 0 Å². The summed E-state index contributed by atoms with van der Waals surface area (Å²) in [5.41, 5.74) is 1.28. The molecule has 0 radical (unpaired) electrons. The number of aliphatic hydroxyl groups is 1. The Morgan fingerprint density at radius 2 is 1.55 bits per heavy atom. The van der Waals surface area contributed by atoms with Crippen LogP contribution in [0.3, 0.4) is 0 Å².